The van der Waals surface area contributed by atoms with Crippen LogP contribution in [0.1, 0.15) is 18.1 Å². The maximum absolute atomic E-state index is 12.0. The van der Waals surface area contributed by atoms with E-state index in [1.807, 2.05) is 49.5 Å². The van der Waals surface area contributed by atoms with E-state index >= 15 is 0 Å². The number of methoxy groups -OCH3 is 1. The smallest absolute Gasteiger partial charge is 0.338 e. The van der Waals surface area contributed by atoms with Crippen LogP contribution in [-0.4, -0.2) is 44.4 Å². The third-order valence-corrected chi connectivity index (χ3v) is 4.47. The number of ether oxygens (including phenoxy) is 3. The fourth-order valence-corrected chi connectivity index (χ4v) is 3.02. The summed E-state index contributed by atoms with van der Waals surface area (Å²) in [6.45, 7) is 5.35. The summed E-state index contributed by atoms with van der Waals surface area (Å²) in [4.78, 5) is 18.6. The van der Waals surface area contributed by atoms with E-state index in [0.29, 0.717) is 18.1 Å². The summed E-state index contributed by atoms with van der Waals surface area (Å²) in [5.41, 5.74) is 3.28. The normalized spacial score (nSPS) is 14.7. The maximum Gasteiger partial charge on any atom is 0.338 e. The molecular weight excluding hydrogens is 344 g/mol. The summed E-state index contributed by atoms with van der Waals surface area (Å²) in [6.07, 6.45) is 3.57. The molecule has 2 heterocycles. The molecule has 0 unspecified atom stereocenters. The highest BCUT2D eigenvalue weighted by Gasteiger charge is 2.15. The van der Waals surface area contributed by atoms with Gasteiger partial charge in [-0.1, -0.05) is 30.3 Å². The summed E-state index contributed by atoms with van der Waals surface area (Å²) in [5.74, 6) is 0.180. The zero-order chi connectivity index (χ0) is 19.1. The highest BCUT2D eigenvalue weighted by atomic mass is 16.5. The number of esters is 1. The van der Waals surface area contributed by atoms with Gasteiger partial charge in [-0.3, -0.25) is 0 Å². The molecule has 1 saturated heterocycles. The number of morpholine rings is 1. The van der Waals surface area contributed by atoms with Crippen LogP contribution in [0.15, 0.2) is 48.7 Å². The van der Waals surface area contributed by atoms with E-state index in [4.69, 9.17) is 14.2 Å². The molecule has 1 fully saturated rings. The number of anilines is 1. The fourth-order valence-electron chi connectivity index (χ4n) is 3.02. The number of nitrogens with zero attached hydrogens (tertiary/aromatic N) is 2. The van der Waals surface area contributed by atoms with E-state index in [0.717, 1.165) is 43.1 Å². The fraction of sp³-hybridized carbons (Fsp3) is 0.333. The topological polar surface area (TPSA) is 60.9 Å². The van der Waals surface area contributed by atoms with Crippen LogP contribution >= 0.6 is 0 Å². The summed E-state index contributed by atoms with van der Waals surface area (Å²) in [5, 5.41) is 0. The van der Waals surface area contributed by atoms with Crippen LogP contribution in [0.25, 0.3) is 5.57 Å². The van der Waals surface area contributed by atoms with Crippen molar-refractivity contribution in [1.29, 1.82) is 0 Å². The van der Waals surface area contributed by atoms with Gasteiger partial charge in [0.15, 0.2) is 0 Å². The Hall–Kier alpha value is -2.86. The summed E-state index contributed by atoms with van der Waals surface area (Å²) < 4.78 is 16.1. The third-order valence-electron chi connectivity index (χ3n) is 4.47. The van der Waals surface area contributed by atoms with Gasteiger partial charge >= 0.3 is 5.97 Å². The predicted molar refractivity (Wildman–Crippen MR) is 104 cm³/mol. The molecule has 1 aliphatic heterocycles. The molecule has 0 aliphatic carbocycles. The van der Waals surface area contributed by atoms with Crippen molar-refractivity contribution in [3.63, 3.8) is 0 Å². The Bertz CT molecular complexity index is 796. The van der Waals surface area contributed by atoms with Gasteiger partial charge < -0.3 is 19.1 Å². The van der Waals surface area contributed by atoms with Crippen LogP contribution in [0.3, 0.4) is 0 Å². The molecule has 2 aromatic rings. The second-order valence-electron chi connectivity index (χ2n) is 6.09. The molecule has 0 bridgehead atoms. The van der Waals surface area contributed by atoms with Crippen molar-refractivity contribution in [2.24, 2.45) is 0 Å². The SMILES string of the molecule is CC=C(C(=O)OC)c1ccccc1COc1ccc(N2CCOCC2)cn1. The molecule has 1 aromatic heterocycles. The summed E-state index contributed by atoms with van der Waals surface area (Å²) >= 11 is 0. The number of carbonyl (C=O) groups is 1. The number of allylic oxidation sites excluding steroid dienone is 1. The van der Waals surface area contributed by atoms with Gasteiger partial charge in [0.2, 0.25) is 5.88 Å². The molecule has 0 atom stereocenters. The number of aromatic nitrogens is 1. The monoisotopic (exact) mass is 368 g/mol. The first kappa shape index (κ1) is 18.9. The first-order valence-electron chi connectivity index (χ1n) is 8.97. The van der Waals surface area contributed by atoms with E-state index in [1.165, 1.54) is 7.11 Å². The molecule has 0 amide bonds. The molecule has 0 saturated carbocycles. The summed E-state index contributed by atoms with van der Waals surface area (Å²) in [7, 11) is 1.38. The molecule has 1 aliphatic rings. The second kappa shape index (κ2) is 9.19. The Morgan fingerprint density at radius 3 is 2.67 bits per heavy atom. The van der Waals surface area contributed by atoms with Gasteiger partial charge in [-0.05, 0) is 24.1 Å². The lowest BCUT2D eigenvalue weighted by Gasteiger charge is -2.28. The second-order valence-corrected chi connectivity index (χ2v) is 6.09. The Morgan fingerprint density at radius 1 is 1.22 bits per heavy atom. The highest BCUT2D eigenvalue weighted by Crippen LogP contribution is 2.23. The van der Waals surface area contributed by atoms with Gasteiger partial charge in [-0.15, -0.1) is 0 Å². The van der Waals surface area contributed by atoms with Crippen molar-refractivity contribution < 1.29 is 19.0 Å². The molecule has 0 radical (unpaired) electrons. The Kier molecular flexibility index (Phi) is 6.44. The Labute approximate surface area is 159 Å². The number of carbonyl (C=O) groups excluding carboxylic acids is 1. The first-order chi connectivity index (χ1) is 13.2. The lowest BCUT2D eigenvalue weighted by molar-refractivity contribution is -0.133. The number of hydrogen-bond donors (Lipinski definition) is 0. The Balaban J connectivity index is 1.69. The minimum absolute atomic E-state index is 0.314. The molecule has 6 heteroatoms. The van der Waals surface area contributed by atoms with Crippen molar-refractivity contribution in [2.45, 2.75) is 13.5 Å². The van der Waals surface area contributed by atoms with Crippen molar-refractivity contribution >= 4 is 17.2 Å². The first-order valence-corrected chi connectivity index (χ1v) is 8.97. The van der Waals surface area contributed by atoms with Gasteiger partial charge in [0.1, 0.15) is 6.61 Å². The largest absolute Gasteiger partial charge is 0.473 e. The van der Waals surface area contributed by atoms with E-state index in [2.05, 4.69) is 9.88 Å². The molecule has 3 rings (SSSR count). The van der Waals surface area contributed by atoms with Crippen LogP contribution in [0, 0.1) is 0 Å². The van der Waals surface area contributed by atoms with E-state index in [-0.39, 0.29) is 5.97 Å². The molecular formula is C21H24N2O4. The molecule has 0 spiro atoms. The van der Waals surface area contributed by atoms with Crippen LogP contribution in [-0.2, 0) is 20.9 Å². The highest BCUT2D eigenvalue weighted by molar-refractivity contribution is 6.16. The van der Waals surface area contributed by atoms with Gasteiger partial charge in [0, 0.05) is 19.2 Å². The molecule has 0 N–H and O–H groups in total. The lowest BCUT2D eigenvalue weighted by atomic mass is 10.00. The number of rotatable bonds is 6. The standard InChI is InChI=1S/C21H24N2O4/c1-3-18(21(24)25-2)19-7-5-4-6-16(19)15-27-20-9-8-17(14-22-20)23-10-12-26-13-11-23/h3-9,14H,10-13,15H2,1-2H3. The molecule has 1 aromatic carbocycles. The van der Waals surface area contributed by atoms with E-state index in [1.54, 1.807) is 6.08 Å². The summed E-state index contributed by atoms with van der Waals surface area (Å²) in [6, 6.07) is 11.5. The third kappa shape index (κ3) is 4.65. The minimum atomic E-state index is -0.363. The van der Waals surface area contributed by atoms with Crippen molar-refractivity contribution in [1.82, 2.24) is 4.98 Å². The van der Waals surface area contributed by atoms with Gasteiger partial charge in [-0.2, -0.15) is 0 Å². The minimum Gasteiger partial charge on any atom is -0.473 e. The molecule has 142 valence electrons. The average Bonchev–Trinajstić information content (AvgIpc) is 2.74. The molecule has 27 heavy (non-hydrogen) atoms. The van der Waals surface area contributed by atoms with Gasteiger partial charge in [-0.25, -0.2) is 9.78 Å². The maximum atomic E-state index is 12.0. The van der Waals surface area contributed by atoms with Crippen LogP contribution in [0.5, 0.6) is 5.88 Å². The van der Waals surface area contributed by atoms with Crippen molar-refractivity contribution in [3.8, 4) is 5.88 Å². The Morgan fingerprint density at radius 2 is 2.00 bits per heavy atom. The van der Waals surface area contributed by atoms with Crippen LogP contribution in [0.4, 0.5) is 5.69 Å². The molecule has 6 nitrogen and oxygen atoms in total. The van der Waals surface area contributed by atoms with Crippen LogP contribution in [0.2, 0.25) is 0 Å². The number of benzene rings is 1. The lowest BCUT2D eigenvalue weighted by Crippen LogP contribution is -2.36. The number of hydrogen-bond acceptors (Lipinski definition) is 6. The van der Waals surface area contributed by atoms with Crippen molar-refractivity contribution in [2.75, 3.05) is 38.3 Å². The number of pyridine rings is 1. The quantitative estimate of drug-likeness (QED) is 0.577. The van der Waals surface area contributed by atoms with Crippen molar-refractivity contribution in [3.05, 3.63) is 59.8 Å². The van der Waals surface area contributed by atoms with Gasteiger partial charge in [0.25, 0.3) is 0 Å². The van der Waals surface area contributed by atoms with E-state index < -0.39 is 0 Å². The zero-order valence-electron chi connectivity index (χ0n) is 15.7. The average molecular weight is 368 g/mol. The van der Waals surface area contributed by atoms with Crippen LogP contribution < -0.4 is 9.64 Å². The van der Waals surface area contributed by atoms with Gasteiger partial charge in [0.05, 0.1) is 37.8 Å². The predicted octanol–water partition coefficient (Wildman–Crippen LogP) is 3.07. The zero-order valence-corrected chi connectivity index (χ0v) is 15.7. The van der Waals surface area contributed by atoms with E-state index in [9.17, 15) is 4.79 Å².